The molecule has 4 heteroatoms. The van der Waals surface area contributed by atoms with Gasteiger partial charge in [0.1, 0.15) is 11.2 Å². The molecule has 0 bridgehead atoms. The number of aromatic nitrogens is 3. The summed E-state index contributed by atoms with van der Waals surface area (Å²) < 4.78 is 6.99. The van der Waals surface area contributed by atoms with Crippen molar-refractivity contribution in [2.75, 3.05) is 0 Å². The van der Waals surface area contributed by atoms with Gasteiger partial charge in [0.2, 0.25) is 0 Å². The number of rotatable bonds is 7. The Balaban J connectivity index is 1.00. The van der Waals surface area contributed by atoms with Gasteiger partial charge in [-0.2, -0.15) is 0 Å². The molecule has 4 nitrogen and oxygen atoms in total. The third-order valence-corrected chi connectivity index (χ3v) is 12.1. The van der Waals surface area contributed by atoms with E-state index in [1.807, 2.05) is 36.4 Å². The van der Waals surface area contributed by atoms with Crippen LogP contribution in [0.2, 0.25) is 0 Å². The molecular weight excluding hydrogens is 755 g/mol. The maximum atomic E-state index is 6.99. The van der Waals surface area contributed by atoms with Gasteiger partial charge < -0.3 is 4.42 Å². The van der Waals surface area contributed by atoms with E-state index >= 15 is 0 Å². The molecule has 8 aromatic rings. The van der Waals surface area contributed by atoms with Crippen molar-refractivity contribution in [1.82, 2.24) is 15.0 Å². The summed E-state index contributed by atoms with van der Waals surface area (Å²) in [6.45, 7) is 4.85. The molecule has 11 rings (SSSR count). The lowest BCUT2D eigenvalue weighted by Crippen LogP contribution is -2.22. The Hall–Kier alpha value is -7.95. The van der Waals surface area contributed by atoms with Gasteiger partial charge >= 0.3 is 0 Å². The first kappa shape index (κ1) is 37.1. The summed E-state index contributed by atoms with van der Waals surface area (Å²) in [5, 5.41) is 1.14. The first-order valence-corrected chi connectivity index (χ1v) is 21.2. The van der Waals surface area contributed by atoms with Gasteiger partial charge in [0.15, 0.2) is 0 Å². The fraction of sp³-hybridized carbons (Fsp3) is 0.0517. The second kappa shape index (κ2) is 15.9. The maximum Gasteiger partial charge on any atom is 0.134 e. The Bertz CT molecular complexity index is 3240. The SMILES string of the molecule is C=C1c2cccc(-c3ccc(C4=CCC=CC=C4)cc3)c2-c2c(oc3c2=CCC=CC=3)C1c1cccc(-c2cccc(-c3cc(-c4ccccn4)nc(-c4ccccn4)c3)c2)c1. The van der Waals surface area contributed by atoms with Crippen LogP contribution in [0.4, 0.5) is 0 Å². The Labute approximate surface area is 361 Å². The van der Waals surface area contributed by atoms with E-state index in [2.05, 4.69) is 168 Å². The number of pyridine rings is 3. The maximum absolute atomic E-state index is 6.99. The Morgan fingerprint density at radius 2 is 1.18 bits per heavy atom. The van der Waals surface area contributed by atoms with E-state index in [1.54, 1.807) is 12.4 Å². The van der Waals surface area contributed by atoms with Crippen LogP contribution in [0, 0.1) is 0 Å². The highest BCUT2D eigenvalue weighted by Crippen LogP contribution is 2.51. The number of hydrogen-bond acceptors (Lipinski definition) is 4. The summed E-state index contributed by atoms with van der Waals surface area (Å²) in [5.74, 6) is 0.757. The molecule has 4 heterocycles. The highest BCUT2D eigenvalue weighted by Gasteiger charge is 2.35. The third kappa shape index (κ3) is 6.82. The summed E-state index contributed by atoms with van der Waals surface area (Å²) in [7, 11) is 0. The monoisotopic (exact) mass is 795 g/mol. The van der Waals surface area contributed by atoms with E-state index in [-0.39, 0.29) is 5.92 Å². The summed E-state index contributed by atoms with van der Waals surface area (Å²) in [4.78, 5) is 14.3. The predicted octanol–water partition coefficient (Wildman–Crippen LogP) is 13.0. The van der Waals surface area contributed by atoms with Gasteiger partial charge in [-0.05, 0) is 123 Å². The second-order valence-corrected chi connectivity index (χ2v) is 15.9. The molecule has 0 amide bonds. The average molecular weight is 796 g/mol. The number of allylic oxidation sites excluding steroid dienone is 9. The first-order chi connectivity index (χ1) is 30.7. The van der Waals surface area contributed by atoms with Gasteiger partial charge in [0, 0.05) is 28.7 Å². The molecule has 1 unspecified atom stereocenters. The van der Waals surface area contributed by atoms with Gasteiger partial charge in [0.25, 0.3) is 0 Å². The standard InChI is InChI=1S/C58H41N3O/c1-38-47-23-15-24-48(41-30-28-40(29-31-41)39-16-5-2-3-6-17-39)56(47)57-49-22-7-4-8-27-54(49)62-58(57)55(38)45-21-14-19-43(35-45)42-18-13-20-44(34-42)46-36-52(50-25-9-11-32-59-50)61-53(37-46)51-26-10-12-33-60-51/h2-5,8-37,55H,1,6-7H2. The van der Waals surface area contributed by atoms with Crippen LogP contribution in [0.5, 0.6) is 0 Å². The van der Waals surface area contributed by atoms with Crippen molar-refractivity contribution >= 4 is 23.3 Å². The minimum absolute atomic E-state index is 0.180. The van der Waals surface area contributed by atoms with Crippen LogP contribution in [0.25, 0.3) is 90.6 Å². The van der Waals surface area contributed by atoms with E-state index in [0.717, 1.165) is 96.5 Å². The molecule has 4 aromatic carbocycles. The molecule has 0 fully saturated rings. The zero-order valence-corrected chi connectivity index (χ0v) is 34.1. The first-order valence-electron chi connectivity index (χ1n) is 21.2. The predicted molar refractivity (Wildman–Crippen MR) is 255 cm³/mol. The van der Waals surface area contributed by atoms with Crippen LogP contribution >= 0.6 is 0 Å². The number of fused-ring (bicyclic) bond motifs is 5. The lowest BCUT2D eigenvalue weighted by atomic mass is 9.73. The quantitative estimate of drug-likeness (QED) is 0.161. The molecule has 0 radical (unpaired) electrons. The normalized spacial score (nSPS) is 15.0. The van der Waals surface area contributed by atoms with Crippen molar-refractivity contribution in [3.63, 3.8) is 0 Å². The van der Waals surface area contributed by atoms with E-state index in [4.69, 9.17) is 16.0 Å². The molecule has 0 spiro atoms. The minimum atomic E-state index is -0.180. The lowest BCUT2D eigenvalue weighted by molar-refractivity contribution is 0.480. The van der Waals surface area contributed by atoms with Gasteiger partial charge in [-0.1, -0.05) is 152 Å². The highest BCUT2D eigenvalue weighted by molar-refractivity contribution is 5.99. The van der Waals surface area contributed by atoms with Gasteiger partial charge in [-0.15, -0.1) is 0 Å². The number of furan rings is 1. The van der Waals surface area contributed by atoms with Crippen LogP contribution in [-0.4, -0.2) is 15.0 Å². The zero-order valence-electron chi connectivity index (χ0n) is 34.1. The van der Waals surface area contributed by atoms with Crippen molar-refractivity contribution in [3.05, 3.63) is 234 Å². The molecule has 3 aliphatic carbocycles. The Morgan fingerprint density at radius 3 is 1.94 bits per heavy atom. The van der Waals surface area contributed by atoms with Crippen molar-refractivity contribution in [3.8, 4) is 67.3 Å². The van der Waals surface area contributed by atoms with E-state index in [1.165, 1.54) is 27.8 Å². The molecular formula is C58H41N3O. The number of nitrogens with zero attached hydrogens (tertiary/aromatic N) is 3. The van der Waals surface area contributed by atoms with E-state index in [9.17, 15) is 0 Å². The highest BCUT2D eigenvalue weighted by atomic mass is 16.3. The van der Waals surface area contributed by atoms with E-state index < -0.39 is 0 Å². The summed E-state index contributed by atoms with van der Waals surface area (Å²) in [6.07, 6.45) is 25.0. The van der Waals surface area contributed by atoms with Crippen molar-refractivity contribution < 1.29 is 4.42 Å². The van der Waals surface area contributed by atoms with Gasteiger partial charge in [-0.25, -0.2) is 4.98 Å². The average Bonchev–Trinajstić information content (AvgIpc) is 3.51. The molecule has 0 saturated heterocycles. The Morgan fingerprint density at radius 1 is 0.516 bits per heavy atom. The summed E-state index contributed by atoms with van der Waals surface area (Å²) in [6, 6.07) is 49.3. The molecule has 62 heavy (non-hydrogen) atoms. The van der Waals surface area contributed by atoms with Crippen LogP contribution in [-0.2, 0) is 0 Å². The Kier molecular flexibility index (Phi) is 9.51. The lowest BCUT2D eigenvalue weighted by Gasteiger charge is -2.29. The van der Waals surface area contributed by atoms with Crippen LogP contribution in [0.3, 0.4) is 0 Å². The van der Waals surface area contributed by atoms with Crippen molar-refractivity contribution in [1.29, 1.82) is 0 Å². The van der Waals surface area contributed by atoms with Crippen molar-refractivity contribution in [2.45, 2.75) is 18.8 Å². The smallest absolute Gasteiger partial charge is 0.134 e. The number of benzene rings is 4. The van der Waals surface area contributed by atoms with Crippen LogP contribution < -0.4 is 10.6 Å². The molecule has 1 atom stereocenters. The summed E-state index contributed by atoms with van der Waals surface area (Å²) >= 11 is 0. The van der Waals surface area contributed by atoms with Gasteiger partial charge in [-0.3, -0.25) is 9.97 Å². The van der Waals surface area contributed by atoms with E-state index in [0.29, 0.717) is 0 Å². The largest absolute Gasteiger partial charge is 0.459 e. The minimum Gasteiger partial charge on any atom is -0.459 e. The van der Waals surface area contributed by atoms with Crippen LogP contribution in [0.15, 0.2) is 205 Å². The molecule has 0 aliphatic heterocycles. The zero-order chi connectivity index (χ0) is 41.4. The van der Waals surface area contributed by atoms with Crippen molar-refractivity contribution in [2.24, 2.45) is 0 Å². The van der Waals surface area contributed by atoms with Gasteiger partial charge in [0.05, 0.1) is 28.7 Å². The fourth-order valence-corrected chi connectivity index (χ4v) is 9.08. The molecule has 0 saturated carbocycles. The molecule has 0 N–H and O–H groups in total. The molecule has 3 aliphatic rings. The van der Waals surface area contributed by atoms with Crippen LogP contribution in [0.1, 0.15) is 41.2 Å². The topological polar surface area (TPSA) is 51.8 Å². The molecule has 4 aromatic heterocycles. The summed E-state index contributed by atoms with van der Waals surface area (Å²) in [5.41, 5.74) is 18.9. The number of hydrogen-bond donors (Lipinski definition) is 0. The third-order valence-electron chi connectivity index (χ3n) is 12.1. The fourth-order valence-electron chi connectivity index (χ4n) is 9.08. The second-order valence-electron chi connectivity index (χ2n) is 15.9. The molecule has 294 valence electrons.